The highest BCUT2D eigenvalue weighted by molar-refractivity contribution is 7.49. The first-order valence-corrected chi connectivity index (χ1v) is 8.95. The molecule has 23 heavy (non-hydrogen) atoms. The van der Waals surface area contributed by atoms with Crippen molar-refractivity contribution in [1.82, 2.24) is 5.09 Å². The van der Waals surface area contributed by atoms with Crippen LogP contribution in [-0.2, 0) is 9.36 Å². The number of ketones is 1. The summed E-state index contributed by atoms with van der Waals surface area (Å²) >= 11 is 0. The van der Waals surface area contributed by atoms with E-state index in [2.05, 4.69) is 5.09 Å². The molecule has 0 aliphatic heterocycles. The summed E-state index contributed by atoms with van der Waals surface area (Å²) in [4.78, 5) is 29.8. The largest absolute Gasteiger partial charge is 0.508 e. The number of nitrogens with one attached hydrogen (secondary N) is 1. The molecule has 1 aromatic rings. The minimum absolute atomic E-state index is 0.0387. The maximum Gasteiger partial charge on any atom is 0.427 e. The lowest BCUT2D eigenvalue weighted by Crippen LogP contribution is -2.18. The highest BCUT2D eigenvalue weighted by Crippen LogP contribution is 2.36. The predicted octanol–water partition coefficient (Wildman–Crippen LogP) is 2.74. The van der Waals surface area contributed by atoms with E-state index in [1.54, 1.807) is 18.2 Å². The minimum atomic E-state index is -4.46. The summed E-state index contributed by atoms with van der Waals surface area (Å²) in [6, 6.07) is 6.89. The zero-order valence-corrected chi connectivity index (χ0v) is 13.7. The highest BCUT2D eigenvalue weighted by atomic mass is 31.2. The Morgan fingerprint density at radius 1 is 1.22 bits per heavy atom. The lowest BCUT2D eigenvalue weighted by Gasteiger charge is -2.22. The van der Waals surface area contributed by atoms with Gasteiger partial charge in [0.2, 0.25) is 0 Å². The van der Waals surface area contributed by atoms with Gasteiger partial charge in [0.05, 0.1) is 6.42 Å². The van der Waals surface area contributed by atoms with E-state index in [0.717, 1.165) is 12.0 Å². The van der Waals surface area contributed by atoms with Crippen molar-refractivity contribution in [2.75, 3.05) is 0 Å². The van der Waals surface area contributed by atoms with Crippen molar-refractivity contribution in [2.45, 2.75) is 32.1 Å². The van der Waals surface area contributed by atoms with Gasteiger partial charge >= 0.3 is 7.75 Å². The topological polar surface area (TPSA) is 107 Å². The van der Waals surface area contributed by atoms with Crippen molar-refractivity contribution < 1.29 is 24.3 Å². The Kier molecular flexibility index (Phi) is 5.42. The lowest BCUT2D eigenvalue weighted by atomic mass is 9.87. The van der Waals surface area contributed by atoms with E-state index in [0.29, 0.717) is 12.0 Å². The van der Waals surface area contributed by atoms with Crippen molar-refractivity contribution in [2.24, 2.45) is 0 Å². The van der Waals surface area contributed by atoms with Crippen LogP contribution in [0.5, 0.6) is 5.75 Å². The molecular weight excluding hydrogens is 317 g/mol. The van der Waals surface area contributed by atoms with Crippen LogP contribution in [0.1, 0.15) is 37.7 Å². The monoisotopic (exact) mass is 337 g/mol. The Labute approximate surface area is 134 Å². The molecule has 1 aliphatic rings. The average molecular weight is 337 g/mol. The molecule has 0 spiro atoms. The molecule has 124 valence electrons. The van der Waals surface area contributed by atoms with Crippen LogP contribution in [0.15, 0.2) is 47.7 Å². The molecule has 0 radical (unpaired) electrons. The molecule has 0 amide bonds. The fraction of sp³-hybridized carbons (Fsp3) is 0.312. The lowest BCUT2D eigenvalue weighted by molar-refractivity contribution is -0.114. The number of hydrogen-bond donors (Lipinski definition) is 4. The molecule has 0 saturated heterocycles. The van der Waals surface area contributed by atoms with E-state index in [4.69, 9.17) is 9.79 Å². The second-order valence-corrected chi connectivity index (χ2v) is 6.85. The van der Waals surface area contributed by atoms with Crippen LogP contribution >= 0.6 is 7.75 Å². The summed E-state index contributed by atoms with van der Waals surface area (Å²) in [5.74, 6) is 0.120. The molecule has 1 unspecified atom stereocenters. The quantitative estimate of drug-likeness (QED) is 0.595. The van der Waals surface area contributed by atoms with Crippen LogP contribution in [-0.4, -0.2) is 20.7 Å². The number of allylic oxidation sites excluding steroid dienone is 4. The van der Waals surface area contributed by atoms with Gasteiger partial charge in [-0.3, -0.25) is 9.88 Å². The normalized spacial score (nSPS) is 16.6. The number of hydrogen-bond acceptors (Lipinski definition) is 3. The number of carbonyl (C=O) groups is 1. The number of phenolic OH excluding ortho intramolecular Hbond substituents is 1. The van der Waals surface area contributed by atoms with E-state index in [-0.39, 0.29) is 29.6 Å². The van der Waals surface area contributed by atoms with Gasteiger partial charge < -0.3 is 14.9 Å². The molecule has 4 N–H and O–H groups in total. The number of phenols is 1. The van der Waals surface area contributed by atoms with Gasteiger partial charge in [-0.05, 0) is 48.1 Å². The maximum atomic E-state index is 11.5. The van der Waals surface area contributed by atoms with Crippen LogP contribution in [0.25, 0.3) is 0 Å². The number of aromatic hydroxyl groups is 1. The number of carbonyl (C=O) groups excluding carboxylic acids is 1. The average Bonchev–Trinajstić information content (AvgIpc) is 2.46. The molecule has 6 nitrogen and oxygen atoms in total. The van der Waals surface area contributed by atoms with Gasteiger partial charge in [0.25, 0.3) is 0 Å². The highest BCUT2D eigenvalue weighted by Gasteiger charge is 2.23. The molecule has 1 atom stereocenters. The third kappa shape index (κ3) is 5.06. The summed E-state index contributed by atoms with van der Waals surface area (Å²) in [5, 5.41) is 11.5. The van der Waals surface area contributed by atoms with Crippen LogP contribution in [0.3, 0.4) is 0 Å². The third-order valence-corrected chi connectivity index (χ3v) is 4.37. The van der Waals surface area contributed by atoms with Gasteiger partial charge in [-0.2, -0.15) is 0 Å². The predicted molar refractivity (Wildman–Crippen MR) is 86.7 cm³/mol. The molecule has 0 heterocycles. The summed E-state index contributed by atoms with van der Waals surface area (Å²) in [6.07, 6.45) is 4.38. The molecule has 1 aromatic carbocycles. The Morgan fingerprint density at radius 2 is 1.87 bits per heavy atom. The maximum absolute atomic E-state index is 11.5. The summed E-state index contributed by atoms with van der Waals surface area (Å²) in [6.45, 7) is 2.02. The van der Waals surface area contributed by atoms with Crippen LogP contribution in [0.4, 0.5) is 0 Å². The van der Waals surface area contributed by atoms with E-state index in [1.807, 2.05) is 19.1 Å². The molecule has 0 bridgehead atoms. The van der Waals surface area contributed by atoms with Crippen molar-refractivity contribution >= 4 is 13.5 Å². The van der Waals surface area contributed by atoms with Gasteiger partial charge in [0.1, 0.15) is 5.75 Å². The fourth-order valence-corrected chi connectivity index (χ4v) is 3.20. The molecular formula is C16H20NO5P. The van der Waals surface area contributed by atoms with E-state index < -0.39 is 7.75 Å². The van der Waals surface area contributed by atoms with E-state index in [9.17, 15) is 14.5 Å². The summed E-state index contributed by atoms with van der Waals surface area (Å²) in [7, 11) is -4.46. The fourth-order valence-electron chi connectivity index (χ4n) is 2.63. The first-order valence-electron chi connectivity index (χ1n) is 7.34. The molecule has 0 aromatic heterocycles. The van der Waals surface area contributed by atoms with Gasteiger partial charge in [-0.25, -0.2) is 4.57 Å². The third-order valence-electron chi connectivity index (χ3n) is 3.81. The standard InChI is InChI=1S/C16H20NO5P/c1-2-11(12-3-6-14(18)7-4-12)9-13-5-8-15(19)10-16(13)17-23(20,21)22/h3-8,11,18H,2,9-10H2,1H3,(H3,17,20,21,22). The molecule has 1 aliphatic carbocycles. The molecule has 7 heteroatoms. The van der Waals surface area contributed by atoms with Crippen molar-refractivity contribution in [1.29, 1.82) is 0 Å². The van der Waals surface area contributed by atoms with Crippen molar-refractivity contribution in [3.8, 4) is 5.75 Å². The Morgan fingerprint density at radius 3 is 2.43 bits per heavy atom. The Hall–Kier alpha value is -1.88. The van der Waals surface area contributed by atoms with Crippen LogP contribution in [0.2, 0.25) is 0 Å². The van der Waals surface area contributed by atoms with Crippen molar-refractivity contribution in [3.05, 3.63) is 53.3 Å². The second-order valence-electron chi connectivity index (χ2n) is 5.54. The zero-order valence-electron chi connectivity index (χ0n) is 12.8. The second kappa shape index (κ2) is 7.13. The van der Waals surface area contributed by atoms with E-state index in [1.165, 1.54) is 6.08 Å². The van der Waals surface area contributed by atoms with Crippen molar-refractivity contribution in [3.63, 3.8) is 0 Å². The zero-order chi connectivity index (χ0) is 17.0. The summed E-state index contributed by atoms with van der Waals surface area (Å²) < 4.78 is 11.2. The van der Waals surface area contributed by atoms with Crippen LogP contribution in [0, 0.1) is 0 Å². The SMILES string of the molecule is CCC(CC1=C(NP(=O)(O)O)CC(=O)C=C1)c1ccc(O)cc1. The smallest absolute Gasteiger partial charge is 0.427 e. The Balaban J connectivity index is 2.27. The molecule has 0 fully saturated rings. The first kappa shape index (κ1) is 17.5. The van der Waals surface area contributed by atoms with E-state index >= 15 is 0 Å². The van der Waals surface area contributed by atoms with Gasteiger partial charge in [-0.1, -0.05) is 25.1 Å². The minimum Gasteiger partial charge on any atom is -0.508 e. The van der Waals surface area contributed by atoms with Gasteiger partial charge in [0.15, 0.2) is 5.78 Å². The summed E-state index contributed by atoms with van der Waals surface area (Å²) in [5.41, 5.74) is 2.02. The van der Waals surface area contributed by atoms with Gasteiger partial charge in [-0.15, -0.1) is 0 Å². The first-order chi connectivity index (χ1) is 10.8. The van der Waals surface area contributed by atoms with Gasteiger partial charge in [0, 0.05) is 5.70 Å². The Bertz CT molecular complexity index is 687. The molecule has 0 saturated carbocycles. The van der Waals surface area contributed by atoms with Crippen LogP contribution < -0.4 is 5.09 Å². The number of benzene rings is 1. The molecule has 2 rings (SSSR count). The number of rotatable bonds is 6.